The number of amides is 1. The lowest BCUT2D eigenvalue weighted by atomic mass is 10.1. The number of fused-ring (bicyclic) bond motifs is 2. The summed E-state index contributed by atoms with van der Waals surface area (Å²) < 4.78 is 7.95. The molecule has 2 aromatic heterocycles. The van der Waals surface area contributed by atoms with Gasteiger partial charge in [-0.05, 0) is 31.2 Å². The van der Waals surface area contributed by atoms with E-state index in [9.17, 15) is 14.4 Å². The Morgan fingerprint density at radius 1 is 1.28 bits per heavy atom. The fourth-order valence-electron chi connectivity index (χ4n) is 3.68. The van der Waals surface area contributed by atoms with Crippen LogP contribution in [0.5, 0.6) is 0 Å². The van der Waals surface area contributed by atoms with E-state index >= 15 is 0 Å². The zero-order chi connectivity index (χ0) is 20.5. The first-order chi connectivity index (χ1) is 14.0. The fraction of sp³-hybridized carbons (Fsp3) is 0.300. The summed E-state index contributed by atoms with van der Waals surface area (Å²) in [5.74, 6) is -0.821. The highest BCUT2D eigenvalue weighted by atomic mass is 16.5. The second-order valence-electron chi connectivity index (χ2n) is 6.72. The quantitative estimate of drug-likeness (QED) is 0.643. The smallest absolute Gasteiger partial charge is 0.337 e. The van der Waals surface area contributed by atoms with Gasteiger partial charge in [0.15, 0.2) is 5.65 Å². The first-order valence-electron chi connectivity index (χ1n) is 9.37. The molecule has 0 radical (unpaired) electrons. The molecule has 4 rings (SSSR count). The summed E-state index contributed by atoms with van der Waals surface area (Å²) in [5, 5.41) is 10.2. The number of nitrogens with one attached hydrogen (secondary N) is 2. The van der Waals surface area contributed by atoms with Crippen molar-refractivity contribution < 1.29 is 14.3 Å². The molecule has 1 amide bonds. The zero-order valence-electron chi connectivity index (χ0n) is 16.2. The van der Waals surface area contributed by atoms with E-state index in [1.807, 2.05) is 11.5 Å². The molecule has 2 N–H and O–H groups in total. The van der Waals surface area contributed by atoms with Crippen molar-refractivity contribution in [3.63, 3.8) is 0 Å². The molecule has 3 heterocycles. The van der Waals surface area contributed by atoms with E-state index in [2.05, 4.69) is 20.5 Å². The molecule has 29 heavy (non-hydrogen) atoms. The molecule has 0 spiro atoms. The summed E-state index contributed by atoms with van der Waals surface area (Å²) in [6.45, 7) is 3.88. The van der Waals surface area contributed by atoms with Crippen molar-refractivity contribution in [2.24, 2.45) is 0 Å². The molecule has 9 nitrogen and oxygen atoms in total. The van der Waals surface area contributed by atoms with Crippen LogP contribution in [0.4, 0.5) is 5.69 Å². The Morgan fingerprint density at radius 3 is 2.72 bits per heavy atom. The predicted molar refractivity (Wildman–Crippen MR) is 106 cm³/mol. The van der Waals surface area contributed by atoms with Crippen molar-refractivity contribution in [1.82, 2.24) is 19.5 Å². The van der Waals surface area contributed by atoms with Gasteiger partial charge in [0.05, 0.1) is 24.4 Å². The number of nitrogens with zero attached hydrogens (tertiary/aromatic N) is 3. The minimum atomic E-state index is -0.447. The number of methoxy groups -OCH3 is 1. The van der Waals surface area contributed by atoms with E-state index in [0.29, 0.717) is 41.1 Å². The normalized spacial score (nSPS) is 13.2. The van der Waals surface area contributed by atoms with Gasteiger partial charge in [-0.1, -0.05) is 0 Å². The molecule has 0 aliphatic carbocycles. The average molecular weight is 395 g/mol. The maximum absolute atomic E-state index is 12.9. The van der Waals surface area contributed by atoms with Crippen LogP contribution in [0.15, 0.2) is 35.3 Å². The van der Waals surface area contributed by atoms with Crippen LogP contribution in [0, 0.1) is 0 Å². The van der Waals surface area contributed by atoms with Gasteiger partial charge >= 0.3 is 5.97 Å². The van der Waals surface area contributed by atoms with Gasteiger partial charge in [-0.15, -0.1) is 0 Å². The summed E-state index contributed by atoms with van der Waals surface area (Å²) in [5.41, 5.74) is 3.16. The summed E-state index contributed by atoms with van der Waals surface area (Å²) in [7, 11) is 1.31. The largest absolute Gasteiger partial charge is 0.465 e. The molecular weight excluding hydrogens is 374 g/mol. The molecule has 0 saturated heterocycles. The molecule has 3 aromatic rings. The Hall–Kier alpha value is -3.46. The highest BCUT2D eigenvalue weighted by molar-refractivity contribution is 6.08. The molecule has 0 saturated carbocycles. The number of hydrogen-bond acceptors (Lipinski definition) is 6. The summed E-state index contributed by atoms with van der Waals surface area (Å²) in [4.78, 5) is 37.3. The van der Waals surface area contributed by atoms with E-state index in [1.54, 1.807) is 24.3 Å². The number of carbonyl (C=O) groups is 2. The first kappa shape index (κ1) is 18.9. The van der Waals surface area contributed by atoms with Crippen molar-refractivity contribution >= 4 is 23.2 Å². The van der Waals surface area contributed by atoms with E-state index in [4.69, 9.17) is 0 Å². The molecule has 150 valence electrons. The Morgan fingerprint density at radius 2 is 2.03 bits per heavy atom. The third-order valence-corrected chi connectivity index (χ3v) is 5.09. The Bertz CT molecular complexity index is 1160. The summed E-state index contributed by atoms with van der Waals surface area (Å²) >= 11 is 0. The van der Waals surface area contributed by atoms with Gasteiger partial charge < -0.3 is 19.9 Å². The first-order valence-corrected chi connectivity index (χ1v) is 9.37. The number of anilines is 1. The number of aromatic nitrogens is 3. The molecular formula is C20H21N5O4. The molecule has 9 heteroatoms. The van der Waals surface area contributed by atoms with Crippen LogP contribution in [0.3, 0.4) is 0 Å². The second-order valence-corrected chi connectivity index (χ2v) is 6.72. The lowest BCUT2D eigenvalue weighted by Crippen LogP contribution is -2.36. The van der Waals surface area contributed by atoms with Gasteiger partial charge in [0.1, 0.15) is 5.56 Å². The van der Waals surface area contributed by atoms with Crippen molar-refractivity contribution in [2.75, 3.05) is 19.0 Å². The maximum Gasteiger partial charge on any atom is 0.337 e. The molecule has 1 aliphatic heterocycles. The molecule has 1 aromatic carbocycles. The summed E-state index contributed by atoms with van der Waals surface area (Å²) in [6, 6.07) is 6.39. The minimum Gasteiger partial charge on any atom is -0.465 e. The number of aryl methyl sites for hydroxylation is 1. The lowest BCUT2D eigenvalue weighted by Gasteiger charge is -2.22. The number of esters is 1. The zero-order valence-corrected chi connectivity index (χ0v) is 16.2. The fourth-order valence-corrected chi connectivity index (χ4v) is 3.68. The van der Waals surface area contributed by atoms with Crippen LogP contribution in [0.2, 0.25) is 0 Å². The van der Waals surface area contributed by atoms with E-state index in [1.165, 1.54) is 17.8 Å². The standard InChI is InChI=1S/C20H21N5O4/c1-3-24-16-8-9-21-10-14(16)19(27)25-18(24)15(11-22-25)17(26)23-13-6-4-12(5-7-13)20(28)29-2/h4-7,11,21H,3,8-10H2,1-2H3,(H,23,26). The predicted octanol–water partition coefficient (Wildman–Crippen LogP) is 1.20. The average Bonchev–Trinajstić information content (AvgIpc) is 3.20. The van der Waals surface area contributed by atoms with Crippen LogP contribution in [-0.4, -0.2) is 39.7 Å². The second kappa shape index (κ2) is 7.51. The maximum atomic E-state index is 12.9. The lowest BCUT2D eigenvalue weighted by molar-refractivity contribution is 0.0600. The topological polar surface area (TPSA) is 107 Å². The molecule has 0 unspecified atom stereocenters. The monoisotopic (exact) mass is 395 g/mol. The minimum absolute atomic E-state index is 0.201. The number of benzene rings is 1. The number of carbonyl (C=O) groups excluding carboxylic acids is 2. The Balaban J connectivity index is 1.72. The molecule has 0 fully saturated rings. The van der Waals surface area contributed by atoms with Crippen LogP contribution in [0.25, 0.3) is 5.65 Å². The Labute approximate surface area is 166 Å². The van der Waals surface area contributed by atoms with Crippen molar-refractivity contribution in [1.29, 1.82) is 0 Å². The van der Waals surface area contributed by atoms with Crippen molar-refractivity contribution in [3.05, 3.63) is 63.2 Å². The van der Waals surface area contributed by atoms with Crippen LogP contribution >= 0.6 is 0 Å². The van der Waals surface area contributed by atoms with Crippen molar-refractivity contribution in [3.8, 4) is 0 Å². The van der Waals surface area contributed by atoms with Gasteiger partial charge in [0.25, 0.3) is 11.5 Å². The third kappa shape index (κ3) is 3.19. The van der Waals surface area contributed by atoms with Gasteiger partial charge in [0.2, 0.25) is 0 Å². The van der Waals surface area contributed by atoms with Gasteiger partial charge in [-0.3, -0.25) is 9.59 Å². The van der Waals surface area contributed by atoms with Gasteiger partial charge in [0, 0.05) is 37.4 Å². The van der Waals surface area contributed by atoms with E-state index < -0.39 is 5.97 Å². The van der Waals surface area contributed by atoms with Gasteiger partial charge in [-0.2, -0.15) is 9.61 Å². The van der Waals surface area contributed by atoms with Crippen LogP contribution in [0.1, 0.15) is 38.9 Å². The molecule has 0 bridgehead atoms. The molecule has 1 aliphatic rings. The van der Waals surface area contributed by atoms with Crippen LogP contribution < -0.4 is 16.2 Å². The van der Waals surface area contributed by atoms with E-state index in [-0.39, 0.29) is 11.5 Å². The SMILES string of the molecule is CCn1c2c(c(=O)n3ncc(C(=O)Nc4ccc(C(=O)OC)cc4)c13)CNCC2. The molecule has 0 atom stereocenters. The number of rotatable bonds is 4. The van der Waals surface area contributed by atoms with E-state index in [0.717, 1.165) is 18.7 Å². The highest BCUT2D eigenvalue weighted by Crippen LogP contribution is 2.19. The Kier molecular flexibility index (Phi) is 4.89. The number of hydrogen-bond donors (Lipinski definition) is 2. The third-order valence-electron chi connectivity index (χ3n) is 5.09. The van der Waals surface area contributed by atoms with Gasteiger partial charge in [-0.25, -0.2) is 4.79 Å². The highest BCUT2D eigenvalue weighted by Gasteiger charge is 2.24. The summed E-state index contributed by atoms with van der Waals surface area (Å²) in [6.07, 6.45) is 2.13. The van der Waals surface area contributed by atoms with Crippen LogP contribution in [-0.2, 0) is 24.2 Å². The van der Waals surface area contributed by atoms with Crippen molar-refractivity contribution in [2.45, 2.75) is 26.4 Å². The number of ether oxygens (including phenoxy) is 1.